The largest absolute Gasteiger partial charge is 0.388 e. The second kappa shape index (κ2) is 7.20. The van der Waals surface area contributed by atoms with Crippen molar-refractivity contribution in [1.82, 2.24) is 0 Å². The van der Waals surface area contributed by atoms with Crippen molar-refractivity contribution in [2.75, 3.05) is 28.2 Å². The molecule has 3 aliphatic rings. The van der Waals surface area contributed by atoms with Crippen LogP contribution in [0, 0.1) is 10.7 Å². The van der Waals surface area contributed by atoms with Crippen molar-refractivity contribution in [1.29, 1.82) is 4.78 Å². The number of anilines is 2. The zero-order valence-electron chi connectivity index (χ0n) is 16.5. The summed E-state index contributed by atoms with van der Waals surface area (Å²) in [4.78, 5) is 0.589. The SMILES string of the molecule is CNc1cccc(S(=N)(=O)N2c3ccc(Br)cc3C3(CCSCC3)C2C2CC2)c1. The molecule has 1 aliphatic carbocycles. The average molecular weight is 493 g/mol. The molecule has 2 aromatic rings. The van der Waals surface area contributed by atoms with Crippen LogP contribution in [0.5, 0.6) is 0 Å². The smallest absolute Gasteiger partial charge is 0.159 e. The molecular formula is C22H26BrN3OS2. The summed E-state index contributed by atoms with van der Waals surface area (Å²) in [7, 11) is -1.30. The molecular weight excluding hydrogens is 466 g/mol. The Morgan fingerprint density at radius 1 is 1.21 bits per heavy atom. The van der Waals surface area contributed by atoms with Gasteiger partial charge in [0.15, 0.2) is 9.92 Å². The fourth-order valence-electron chi connectivity index (χ4n) is 5.22. The highest BCUT2D eigenvalue weighted by atomic mass is 79.9. The van der Waals surface area contributed by atoms with Crippen molar-refractivity contribution < 1.29 is 4.21 Å². The molecule has 0 amide bonds. The summed E-state index contributed by atoms with van der Waals surface area (Å²) < 4.78 is 26.5. The van der Waals surface area contributed by atoms with E-state index in [9.17, 15) is 8.99 Å². The lowest BCUT2D eigenvalue weighted by molar-refractivity contribution is 0.316. The Morgan fingerprint density at radius 2 is 1.97 bits per heavy atom. The van der Waals surface area contributed by atoms with E-state index in [1.165, 1.54) is 18.4 Å². The van der Waals surface area contributed by atoms with Crippen LogP contribution in [0.4, 0.5) is 11.4 Å². The predicted octanol–water partition coefficient (Wildman–Crippen LogP) is 5.88. The predicted molar refractivity (Wildman–Crippen MR) is 126 cm³/mol. The number of hydrogen-bond acceptors (Lipinski definition) is 4. The Bertz CT molecular complexity index is 1050. The molecule has 0 radical (unpaired) electrons. The third-order valence-corrected chi connectivity index (χ3v) is 10.1. The summed E-state index contributed by atoms with van der Waals surface area (Å²) in [6.45, 7) is 0. The Balaban J connectivity index is 1.71. The number of nitrogens with one attached hydrogen (secondary N) is 2. The number of nitrogens with zero attached hydrogens (tertiary/aromatic N) is 1. The highest BCUT2D eigenvalue weighted by molar-refractivity contribution is 9.10. The van der Waals surface area contributed by atoms with E-state index in [2.05, 4.69) is 33.4 Å². The fourth-order valence-corrected chi connectivity index (χ4v) is 8.71. The highest BCUT2D eigenvalue weighted by Crippen LogP contribution is 2.60. The van der Waals surface area contributed by atoms with Crippen LogP contribution in [0.2, 0.25) is 0 Å². The molecule has 4 nitrogen and oxygen atoms in total. The molecule has 1 spiro atoms. The van der Waals surface area contributed by atoms with E-state index in [1.54, 1.807) is 0 Å². The van der Waals surface area contributed by atoms with E-state index in [1.807, 2.05) is 53.4 Å². The van der Waals surface area contributed by atoms with Gasteiger partial charge in [0.1, 0.15) is 0 Å². The van der Waals surface area contributed by atoms with E-state index >= 15 is 0 Å². The van der Waals surface area contributed by atoms with Crippen molar-refractivity contribution in [2.24, 2.45) is 5.92 Å². The van der Waals surface area contributed by atoms with Gasteiger partial charge in [0, 0.05) is 22.6 Å². The van der Waals surface area contributed by atoms with Gasteiger partial charge in [-0.2, -0.15) is 11.8 Å². The number of benzene rings is 2. The van der Waals surface area contributed by atoms with Gasteiger partial charge in [-0.15, -0.1) is 0 Å². The van der Waals surface area contributed by atoms with Crippen LogP contribution in [0.3, 0.4) is 0 Å². The highest BCUT2D eigenvalue weighted by Gasteiger charge is 2.58. The second-order valence-electron chi connectivity index (χ2n) is 8.34. The second-order valence-corrected chi connectivity index (χ2v) is 12.4. The standard InChI is InChI=1S/C22H26BrN3OS2/c1-25-17-3-2-4-18(14-17)29(24,27)26-20-8-7-16(23)13-19(20)22(9-11-28-12-10-22)21(26)15-5-6-15/h2-4,7-8,13-15,21,24-25H,5-6,9-12H2,1H3. The lowest BCUT2D eigenvalue weighted by Crippen LogP contribution is -2.50. The van der Waals surface area contributed by atoms with Crippen molar-refractivity contribution in [3.05, 3.63) is 52.5 Å². The maximum Gasteiger partial charge on any atom is 0.159 e. The van der Waals surface area contributed by atoms with Gasteiger partial charge in [-0.25, -0.2) is 8.99 Å². The van der Waals surface area contributed by atoms with Gasteiger partial charge >= 0.3 is 0 Å². The summed E-state index contributed by atoms with van der Waals surface area (Å²) in [5, 5.41) is 3.12. The molecule has 2 N–H and O–H groups in total. The topological polar surface area (TPSA) is 56.2 Å². The van der Waals surface area contributed by atoms with Gasteiger partial charge in [0.25, 0.3) is 0 Å². The zero-order chi connectivity index (χ0) is 20.2. The molecule has 7 heteroatoms. The van der Waals surface area contributed by atoms with E-state index in [0.29, 0.717) is 10.8 Å². The first-order valence-electron chi connectivity index (χ1n) is 10.2. The van der Waals surface area contributed by atoms with Gasteiger partial charge in [-0.3, -0.25) is 4.31 Å². The first kappa shape index (κ1) is 19.8. The quantitative estimate of drug-likeness (QED) is 0.561. The third-order valence-electron chi connectivity index (χ3n) is 6.72. The summed E-state index contributed by atoms with van der Waals surface area (Å²) >= 11 is 5.69. The van der Waals surface area contributed by atoms with Gasteiger partial charge in [-0.05, 0) is 85.1 Å². The van der Waals surface area contributed by atoms with E-state index < -0.39 is 9.92 Å². The average Bonchev–Trinajstić information content (AvgIpc) is 3.54. The maximum absolute atomic E-state index is 14.2. The minimum Gasteiger partial charge on any atom is -0.388 e. The van der Waals surface area contributed by atoms with Crippen LogP contribution in [-0.2, 0) is 15.3 Å². The number of thioether (sulfide) groups is 1. The molecule has 0 bridgehead atoms. The zero-order valence-corrected chi connectivity index (χ0v) is 19.7. The lowest BCUT2D eigenvalue weighted by Gasteiger charge is -2.42. The Labute approximate surface area is 186 Å². The first-order chi connectivity index (χ1) is 14.0. The summed E-state index contributed by atoms with van der Waals surface area (Å²) in [5.74, 6) is 2.80. The van der Waals surface area contributed by atoms with Crippen LogP contribution in [0.15, 0.2) is 51.8 Å². The van der Waals surface area contributed by atoms with Gasteiger partial charge in [0.2, 0.25) is 0 Å². The number of fused-ring (bicyclic) bond motifs is 2. The summed E-state index contributed by atoms with van der Waals surface area (Å²) in [5.41, 5.74) is 3.21. The molecule has 2 fully saturated rings. The minimum absolute atomic E-state index is 0.00978. The number of rotatable bonds is 4. The van der Waals surface area contributed by atoms with E-state index in [4.69, 9.17) is 0 Å². The third kappa shape index (κ3) is 3.12. The first-order valence-corrected chi connectivity index (χ1v) is 13.7. The van der Waals surface area contributed by atoms with Crippen LogP contribution in [-0.4, -0.2) is 28.8 Å². The van der Waals surface area contributed by atoms with Crippen LogP contribution < -0.4 is 9.62 Å². The fraction of sp³-hybridized carbons (Fsp3) is 0.455. The van der Waals surface area contributed by atoms with Crippen LogP contribution >= 0.6 is 27.7 Å². The molecule has 2 aromatic carbocycles. The van der Waals surface area contributed by atoms with Gasteiger partial charge in [0.05, 0.1) is 16.6 Å². The van der Waals surface area contributed by atoms with Crippen molar-refractivity contribution in [3.63, 3.8) is 0 Å². The molecule has 2 heterocycles. The molecule has 2 unspecified atom stereocenters. The molecule has 1 saturated carbocycles. The summed E-state index contributed by atoms with van der Waals surface area (Å²) in [6.07, 6.45) is 4.56. The molecule has 0 aromatic heterocycles. The van der Waals surface area contributed by atoms with Gasteiger partial charge in [-0.1, -0.05) is 22.0 Å². The molecule has 29 heavy (non-hydrogen) atoms. The normalized spacial score (nSPS) is 24.9. The Kier molecular flexibility index (Phi) is 4.91. The molecule has 1 saturated heterocycles. The summed E-state index contributed by atoms with van der Waals surface area (Å²) in [6, 6.07) is 14.1. The van der Waals surface area contributed by atoms with E-state index in [0.717, 1.165) is 40.2 Å². The minimum atomic E-state index is -3.16. The van der Waals surface area contributed by atoms with E-state index in [-0.39, 0.29) is 11.5 Å². The molecule has 2 aliphatic heterocycles. The molecule has 154 valence electrons. The number of hydrogen-bond donors (Lipinski definition) is 2. The molecule has 5 rings (SSSR count). The van der Waals surface area contributed by atoms with Gasteiger partial charge < -0.3 is 5.32 Å². The number of halogens is 1. The van der Waals surface area contributed by atoms with Crippen molar-refractivity contribution in [2.45, 2.75) is 42.0 Å². The monoisotopic (exact) mass is 491 g/mol. The molecule has 2 atom stereocenters. The van der Waals surface area contributed by atoms with Crippen LogP contribution in [0.25, 0.3) is 0 Å². The van der Waals surface area contributed by atoms with Crippen molar-refractivity contribution >= 4 is 49.0 Å². The van der Waals surface area contributed by atoms with Crippen molar-refractivity contribution in [3.8, 4) is 0 Å². The maximum atomic E-state index is 14.2. The Morgan fingerprint density at radius 3 is 2.66 bits per heavy atom. The van der Waals surface area contributed by atoms with Crippen LogP contribution in [0.1, 0.15) is 31.2 Å². The lowest BCUT2D eigenvalue weighted by atomic mass is 9.70. The Hall–Kier alpha value is -1.18.